The van der Waals surface area contributed by atoms with Gasteiger partial charge in [0.25, 0.3) is 5.91 Å². The molecule has 1 N–H and O–H groups in total. The van der Waals surface area contributed by atoms with Gasteiger partial charge in [0.1, 0.15) is 11.5 Å². The molecule has 0 saturated heterocycles. The number of benzene rings is 1. The number of rotatable bonds is 8. The Kier molecular flexibility index (Phi) is 6.84. The van der Waals surface area contributed by atoms with E-state index in [1.807, 2.05) is 19.1 Å². The Bertz CT molecular complexity index is 964. The third-order valence-electron chi connectivity index (χ3n) is 4.54. The molecule has 1 aromatic carbocycles. The van der Waals surface area contributed by atoms with E-state index in [-0.39, 0.29) is 11.7 Å². The molecule has 0 spiro atoms. The van der Waals surface area contributed by atoms with Crippen molar-refractivity contribution in [1.82, 2.24) is 19.9 Å². The van der Waals surface area contributed by atoms with Crippen LogP contribution in [0.4, 0.5) is 10.3 Å². The van der Waals surface area contributed by atoms with Gasteiger partial charge in [0, 0.05) is 38.2 Å². The second-order valence-electron chi connectivity index (χ2n) is 6.82. The number of aryl methyl sites for hydroxylation is 1. The maximum absolute atomic E-state index is 13.7. The Morgan fingerprint density at radius 2 is 1.86 bits per heavy atom. The molecule has 0 aliphatic heterocycles. The maximum Gasteiger partial charge on any atom is 0.272 e. The predicted octanol–water partition coefficient (Wildman–Crippen LogP) is 3.29. The van der Waals surface area contributed by atoms with Gasteiger partial charge in [0.15, 0.2) is 0 Å². The summed E-state index contributed by atoms with van der Waals surface area (Å²) < 4.78 is 13.7. The number of nitrogens with zero attached hydrogens (tertiary/aromatic N) is 4. The van der Waals surface area contributed by atoms with Crippen LogP contribution in [0.5, 0.6) is 0 Å². The lowest BCUT2D eigenvalue weighted by atomic mass is 10.1. The number of amides is 1. The Balaban J connectivity index is 1.60. The zero-order valence-corrected chi connectivity index (χ0v) is 16.6. The minimum Gasteiger partial charge on any atom is -0.354 e. The van der Waals surface area contributed by atoms with Crippen molar-refractivity contribution >= 4 is 11.9 Å². The number of carbonyl (C=O) groups excluding carboxylic acids is 1. The molecule has 29 heavy (non-hydrogen) atoms. The van der Waals surface area contributed by atoms with Gasteiger partial charge >= 0.3 is 0 Å². The van der Waals surface area contributed by atoms with Crippen LogP contribution in [0.25, 0.3) is 0 Å². The van der Waals surface area contributed by atoms with Crippen LogP contribution in [0.2, 0.25) is 0 Å². The molecule has 0 saturated carbocycles. The summed E-state index contributed by atoms with van der Waals surface area (Å²) in [6.07, 6.45) is 4.72. The van der Waals surface area contributed by atoms with Gasteiger partial charge in [-0.3, -0.25) is 9.78 Å². The molecule has 0 fully saturated rings. The van der Waals surface area contributed by atoms with Gasteiger partial charge in [-0.2, -0.15) is 0 Å². The van der Waals surface area contributed by atoms with Crippen molar-refractivity contribution in [3.63, 3.8) is 0 Å². The van der Waals surface area contributed by atoms with Gasteiger partial charge in [-0.05, 0) is 55.2 Å². The first-order chi connectivity index (χ1) is 14.0. The zero-order chi connectivity index (χ0) is 20.6. The molecule has 0 aliphatic rings. The normalized spacial score (nSPS) is 10.6. The fraction of sp³-hybridized carbons (Fsp3) is 0.273. The van der Waals surface area contributed by atoms with E-state index in [4.69, 9.17) is 0 Å². The number of aromatic nitrogens is 3. The van der Waals surface area contributed by atoms with E-state index < -0.39 is 0 Å². The van der Waals surface area contributed by atoms with Crippen LogP contribution < -0.4 is 5.32 Å². The van der Waals surface area contributed by atoms with Crippen LogP contribution in [0.1, 0.15) is 27.3 Å². The van der Waals surface area contributed by atoms with Gasteiger partial charge in [-0.25, -0.2) is 14.4 Å². The van der Waals surface area contributed by atoms with Crippen LogP contribution in [0.15, 0.2) is 54.9 Å². The van der Waals surface area contributed by atoms with Gasteiger partial charge in [0.2, 0.25) is 5.95 Å². The smallest absolute Gasteiger partial charge is 0.272 e. The van der Waals surface area contributed by atoms with E-state index in [1.165, 1.54) is 6.07 Å². The highest BCUT2D eigenvalue weighted by molar-refractivity contribution is 5.92. The average molecular weight is 393 g/mol. The number of hydrogen-bond donors (Lipinski definition) is 1. The molecule has 150 valence electrons. The SMILES string of the molecule is Cc1cc(C(=O)N(C)CCc2ccncc2)nc(NCCc2ccccc2F)n1. The second-order valence-corrected chi connectivity index (χ2v) is 6.82. The minimum absolute atomic E-state index is 0.165. The van der Waals surface area contributed by atoms with Crippen molar-refractivity contribution in [1.29, 1.82) is 0 Å². The summed E-state index contributed by atoms with van der Waals surface area (Å²) in [5.41, 5.74) is 2.77. The van der Waals surface area contributed by atoms with E-state index in [2.05, 4.69) is 20.3 Å². The van der Waals surface area contributed by atoms with Crippen LogP contribution in [-0.2, 0) is 12.8 Å². The monoisotopic (exact) mass is 393 g/mol. The van der Waals surface area contributed by atoms with E-state index in [9.17, 15) is 9.18 Å². The molecule has 2 aromatic heterocycles. The average Bonchev–Trinajstić information content (AvgIpc) is 2.73. The van der Waals surface area contributed by atoms with Gasteiger partial charge in [-0.1, -0.05) is 18.2 Å². The van der Waals surface area contributed by atoms with Gasteiger partial charge in [0.05, 0.1) is 0 Å². The number of nitrogens with one attached hydrogen (secondary N) is 1. The lowest BCUT2D eigenvalue weighted by Crippen LogP contribution is -2.30. The fourth-order valence-corrected chi connectivity index (χ4v) is 2.91. The van der Waals surface area contributed by atoms with Crippen molar-refractivity contribution in [3.8, 4) is 0 Å². The highest BCUT2D eigenvalue weighted by Crippen LogP contribution is 2.10. The number of pyridine rings is 1. The number of likely N-dealkylation sites (N-methyl/N-ethyl adjacent to an activating group) is 1. The molecule has 0 radical (unpaired) electrons. The first kappa shape index (κ1) is 20.4. The lowest BCUT2D eigenvalue weighted by molar-refractivity contribution is 0.0790. The van der Waals surface area contributed by atoms with Crippen molar-refractivity contribution in [3.05, 3.63) is 83.2 Å². The molecule has 0 bridgehead atoms. The summed E-state index contributed by atoms with van der Waals surface area (Å²) >= 11 is 0. The maximum atomic E-state index is 13.7. The van der Waals surface area contributed by atoms with Crippen LogP contribution in [-0.4, -0.2) is 45.9 Å². The molecule has 3 aromatic rings. The van der Waals surface area contributed by atoms with E-state index in [1.54, 1.807) is 48.6 Å². The molecule has 0 unspecified atom stereocenters. The number of anilines is 1. The van der Waals surface area contributed by atoms with Crippen LogP contribution >= 0.6 is 0 Å². The summed E-state index contributed by atoms with van der Waals surface area (Å²) in [5.74, 6) is -0.0277. The molecular formula is C22H24FN5O. The molecule has 6 nitrogen and oxygen atoms in total. The van der Waals surface area contributed by atoms with E-state index >= 15 is 0 Å². The van der Waals surface area contributed by atoms with E-state index in [0.29, 0.717) is 42.4 Å². The molecular weight excluding hydrogens is 369 g/mol. The summed E-state index contributed by atoms with van der Waals surface area (Å²) in [6.45, 7) is 2.86. The van der Waals surface area contributed by atoms with Gasteiger partial charge < -0.3 is 10.2 Å². The Morgan fingerprint density at radius 1 is 1.10 bits per heavy atom. The summed E-state index contributed by atoms with van der Waals surface area (Å²) in [6, 6.07) is 12.2. The lowest BCUT2D eigenvalue weighted by Gasteiger charge is -2.17. The molecule has 0 aliphatic carbocycles. The standard InChI is InChI=1S/C22H24FN5O/c1-16-15-20(21(29)28(2)14-10-17-7-11-24-12-8-17)27-22(26-16)25-13-9-18-5-3-4-6-19(18)23/h3-8,11-12,15H,9-10,13-14H2,1-2H3,(H,25,26,27). The Labute approximate surface area is 169 Å². The Morgan fingerprint density at radius 3 is 2.62 bits per heavy atom. The van der Waals surface area contributed by atoms with Crippen LogP contribution in [0.3, 0.4) is 0 Å². The fourth-order valence-electron chi connectivity index (χ4n) is 2.91. The molecule has 2 heterocycles. The largest absolute Gasteiger partial charge is 0.354 e. The second kappa shape index (κ2) is 9.73. The van der Waals surface area contributed by atoms with E-state index in [0.717, 1.165) is 12.0 Å². The Hall–Kier alpha value is -3.35. The zero-order valence-electron chi connectivity index (χ0n) is 16.6. The number of hydrogen-bond acceptors (Lipinski definition) is 5. The first-order valence-electron chi connectivity index (χ1n) is 9.50. The highest BCUT2D eigenvalue weighted by atomic mass is 19.1. The first-order valence-corrected chi connectivity index (χ1v) is 9.50. The van der Waals surface area contributed by atoms with Crippen molar-refractivity contribution in [2.75, 3.05) is 25.5 Å². The molecule has 0 atom stereocenters. The number of carbonyl (C=O) groups is 1. The van der Waals surface area contributed by atoms with Gasteiger partial charge in [-0.15, -0.1) is 0 Å². The minimum atomic E-state index is -0.230. The number of halogens is 1. The topological polar surface area (TPSA) is 71.0 Å². The molecule has 3 rings (SSSR count). The van der Waals surface area contributed by atoms with Crippen molar-refractivity contribution < 1.29 is 9.18 Å². The quantitative estimate of drug-likeness (QED) is 0.636. The van der Waals surface area contributed by atoms with Crippen molar-refractivity contribution in [2.45, 2.75) is 19.8 Å². The van der Waals surface area contributed by atoms with Crippen LogP contribution in [0, 0.1) is 12.7 Å². The summed E-state index contributed by atoms with van der Waals surface area (Å²) in [4.78, 5) is 27.1. The predicted molar refractivity (Wildman–Crippen MR) is 110 cm³/mol. The third kappa shape index (κ3) is 5.81. The van der Waals surface area contributed by atoms with Crippen molar-refractivity contribution in [2.24, 2.45) is 0 Å². The summed E-state index contributed by atoms with van der Waals surface area (Å²) in [7, 11) is 1.76. The highest BCUT2D eigenvalue weighted by Gasteiger charge is 2.15. The molecule has 1 amide bonds. The summed E-state index contributed by atoms with van der Waals surface area (Å²) in [5, 5.41) is 3.09. The molecule has 7 heteroatoms. The third-order valence-corrected chi connectivity index (χ3v) is 4.54.